The SMILES string of the molecule is C=C1CC[C@H]2C(=C)CC[C@@H]3[C@H](OC(=O)[C@@]3(O)C[C@]3(C)CCC(=O)[C@]4(C)CC[C@H]5C(=C)C(=O)O[C@@H]5[C@@H]34)[C@@H]12. The van der Waals surface area contributed by atoms with Gasteiger partial charge in [0.05, 0.1) is 0 Å². The fourth-order valence-corrected chi connectivity index (χ4v) is 9.45. The minimum Gasteiger partial charge on any atom is -0.459 e. The van der Waals surface area contributed by atoms with Crippen LogP contribution in [0, 0.1) is 40.4 Å². The molecule has 0 spiro atoms. The Bertz CT molecular complexity index is 1100. The maximum atomic E-state index is 13.5. The first-order valence-electron chi connectivity index (χ1n) is 13.6. The maximum Gasteiger partial charge on any atom is 0.338 e. The molecule has 6 nitrogen and oxygen atoms in total. The molecule has 36 heavy (non-hydrogen) atoms. The molecule has 0 amide bonds. The van der Waals surface area contributed by atoms with E-state index in [-0.39, 0.29) is 47.8 Å². The van der Waals surface area contributed by atoms with Crippen molar-refractivity contribution in [2.75, 3.05) is 0 Å². The molecule has 0 aromatic heterocycles. The fraction of sp³-hybridized carbons (Fsp3) is 0.700. The molecule has 4 aliphatic carbocycles. The van der Waals surface area contributed by atoms with Crippen molar-refractivity contribution in [2.24, 2.45) is 40.4 Å². The lowest BCUT2D eigenvalue weighted by atomic mass is 9.46. The zero-order valence-electron chi connectivity index (χ0n) is 21.5. The van der Waals surface area contributed by atoms with Crippen LogP contribution in [0.3, 0.4) is 0 Å². The van der Waals surface area contributed by atoms with E-state index in [9.17, 15) is 19.5 Å². The van der Waals surface area contributed by atoms with Gasteiger partial charge in [-0.15, -0.1) is 0 Å². The van der Waals surface area contributed by atoms with E-state index in [0.717, 1.165) is 24.8 Å². The van der Waals surface area contributed by atoms with Gasteiger partial charge in [0.1, 0.15) is 18.0 Å². The highest BCUT2D eigenvalue weighted by Gasteiger charge is 2.68. The van der Waals surface area contributed by atoms with Crippen LogP contribution in [0.4, 0.5) is 0 Å². The van der Waals surface area contributed by atoms with Crippen molar-refractivity contribution >= 4 is 17.7 Å². The number of Topliss-reactive ketones (excluding diaryl/α,β-unsaturated/α-hetero) is 1. The number of carbonyl (C=O) groups excluding carboxylic acids is 3. The predicted molar refractivity (Wildman–Crippen MR) is 132 cm³/mol. The van der Waals surface area contributed by atoms with E-state index in [1.54, 1.807) is 0 Å². The summed E-state index contributed by atoms with van der Waals surface area (Å²) in [5, 5.41) is 12.2. The number of ether oxygens (including phenoxy) is 2. The molecule has 1 N–H and O–H groups in total. The van der Waals surface area contributed by atoms with Crippen molar-refractivity contribution in [3.05, 3.63) is 36.5 Å². The van der Waals surface area contributed by atoms with E-state index in [1.807, 2.05) is 6.92 Å². The van der Waals surface area contributed by atoms with Gasteiger partial charge >= 0.3 is 11.9 Å². The monoisotopic (exact) mass is 494 g/mol. The molecular formula is C30H38O6. The summed E-state index contributed by atoms with van der Waals surface area (Å²) >= 11 is 0. The minimum atomic E-state index is -1.66. The molecule has 4 saturated carbocycles. The number of aliphatic hydroxyl groups is 1. The molecule has 194 valence electrons. The zero-order valence-corrected chi connectivity index (χ0v) is 21.5. The van der Waals surface area contributed by atoms with Crippen LogP contribution >= 0.6 is 0 Å². The van der Waals surface area contributed by atoms with Crippen molar-refractivity contribution in [3.63, 3.8) is 0 Å². The van der Waals surface area contributed by atoms with Crippen LogP contribution in [0.1, 0.15) is 71.6 Å². The van der Waals surface area contributed by atoms with Gasteiger partial charge in [-0.05, 0) is 62.7 Å². The van der Waals surface area contributed by atoms with Crippen molar-refractivity contribution in [2.45, 2.75) is 89.4 Å². The summed E-state index contributed by atoms with van der Waals surface area (Å²) in [5.41, 5.74) is -0.182. The number of ketones is 1. The van der Waals surface area contributed by atoms with Crippen LogP contribution in [-0.4, -0.2) is 40.6 Å². The number of esters is 2. The number of hydrogen-bond donors (Lipinski definition) is 1. The number of hydrogen-bond acceptors (Lipinski definition) is 6. The fourth-order valence-electron chi connectivity index (χ4n) is 9.45. The Labute approximate surface area is 213 Å². The van der Waals surface area contributed by atoms with Gasteiger partial charge in [0.2, 0.25) is 0 Å². The normalized spacial score (nSPS) is 50.1. The Morgan fingerprint density at radius 1 is 0.889 bits per heavy atom. The molecule has 0 aromatic rings. The van der Waals surface area contributed by atoms with E-state index in [2.05, 4.69) is 26.7 Å². The third-order valence-electron chi connectivity index (χ3n) is 11.3. The quantitative estimate of drug-likeness (QED) is 0.346. The smallest absolute Gasteiger partial charge is 0.338 e. The van der Waals surface area contributed by atoms with Crippen LogP contribution < -0.4 is 0 Å². The minimum absolute atomic E-state index is 0.00662. The largest absolute Gasteiger partial charge is 0.459 e. The second-order valence-electron chi connectivity index (χ2n) is 13.1. The molecule has 0 bridgehead atoms. The lowest BCUT2D eigenvalue weighted by Crippen LogP contribution is -2.60. The lowest BCUT2D eigenvalue weighted by Gasteiger charge is -2.57. The summed E-state index contributed by atoms with van der Waals surface area (Å²) in [7, 11) is 0. The number of rotatable bonds is 2. The molecule has 2 heterocycles. The summed E-state index contributed by atoms with van der Waals surface area (Å²) in [6.07, 6.45) is 4.88. The molecule has 0 unspecified atom stereocenters. The third-order valence-corrected chi connectivity index (χ3v) is 11.3. The Balaban J connectivity index is 1.38. The van der Waals surface area contributed by atoms with E-state index in [0.29, 0.717) is 37.7 Å². The molecular weight excluding hydrogens is 456 g/mol. The van der Waals surface area contributed by atoms with Gasteiger partial charge in [-0.2, -0.15) is 0 Å². The van der Waals surface area contributed by atoms with E-state index >= 15 is 0 Å². The summed E-state index contributed by atoms with van der Waals surface area (Å²) < 4.78 is 11.9. The Morgan fingerprint density at radius 2 is 1.61 bits per heavy atom. The van der Waals surface area contributed by atoms with Crippen LogP contribution in [0.25, 0.3) is 0 Å². The highest BCUT2D eigenvalue weighted by atomic mass is 16.6. The highest BCUT2D eigenvalue weighted by molar-refractivity contribution is 5.92. The van der Waals surface area contributed by atoms with E-state index < -0.39 is 34.6 Å². The standard InChI is InChI=1S/C30H38O6/c1-15-7-9-20-24(22-16(2)6-8-18(15)22)36-27(33)30(20,34)14-28(4)12-11-21(31)29(5)13-10-19-17(3)26(32)35-23(19)25(28)29/h18-20,22-25,34H,1-3,6-14H2,4-5H3/t18-,19-,20+,22-,23-,24-,25-,28-,29-,30+/m0/s1. The maximum absolute atomic E-state index is 13.5. The second kappa shape index (κ2) is 7.66. The average Bonchev–Trinajstić information content (AvgIpc) is 3.37. The van der Waals surface area contributed by atoms with Gasteiger partial charge in [-0.1, -0.05) is 44.7 Å². The van der Waals surface area contributed by atoms with Crippen LogP contribution in [0.2, 0.25) is 0 Å². The van der Waals surface area contributed by atoms with Crippen LogP contribution in [0.15, 0.2) is 36.5 Å². The highest BCUT2D eigenvalue weighted by Crippen LogP contribution is 2.64. The molecule has 2 aliphatic heterocycles. The van der Waals surface area contributed by atoms with Crippen molar-refractivity contribution in [3.8, 4) is 0 Å². The molecule has 6 aliphatic rings. The molecule has 2 saturated heterocycles. The summed E-state index contributed by atoms with van der Waals surface area (Å²) in [4.78, 5) is 39.3. The van der Waals surface area contributed by atoms with Gasteiger partial charge in [0, 0.05) is 41.1 Å². The first-order chi connectivity index (χ1) is 16.9. The topological polar surface area (TPSA) is 89.9 Å². The number of allylic oxidation sites excluding steroid dienone is 1. The Kier molecular flexibility index (Phi) is 5.13. The van der Waals surface area contributed by atoms with Gasteiger partial charge in [0.15, 0.2) is 5.60 Å². The summed E-state index contributed by atoms with van der Waals surface area (Å²) in [6.45, 7) is 16.7. The molecule has 0 radical (unpaired) electrons. The first-order valence-corrected chi connectivity index (χ1v) is 13.6. The van der Waals surface area contributed by atoms with Gasteiger partial charge < -0.3 is 14.6 Å². The zero-order chi connectivity index (χ0) is 25.8. The van der Waals surface area contributed by atoms with Gasteiger partial charge in [-0.3, -0.25) is 4.79 Å². The van der Waals surface area contributed by atoms with Crippen molar-refractivity contribution in [1.82, 2.24) is 0 Å². The first kappa shape index (κ1) is 24.1. The van der Waals surface area contributed by atoms with Crippen molar-refractivity contribution < 1.29 is 29.0 Å². The van der Waals surface area contributed by atoms with E-state index in [1.165, 1.54) is 5.57 Å². The van der Waals surface area contributed by atoms with Gasteiger partial charge in [0.25, 0.3) is 0 Å². The number of fused-ring (bicyclic) bond motifs is 6. The summed E-state index contributed by atoms with van der Waals surface area (Å²) in [6, 6.07) is 0. The molecule has 6 rings (SSSR count). The number of carbonyl (C=O) groups is 3. The Hall–Kier alpha value is -2.21. The molecule has 6 heteroatoms. The molecule has 10 atom stereocenters. The van der Waals surface area contributed by atoms with Crippen molar-refractivity contribution in [1.29, 1.82) is 0 Å². The lowest BCUT2D eigenvalue weighted by molar-refractivity contribution is -0.183. The van der Waals surface area contributed by atoms with Gasteiger partial charge in [-0.25, -0.2) is 9.59 Å². The Morgan fingerprint density at radius 3 is 2.36 bits per heavy atom. The van der Waals surface area contributed by atoms with Crippen LogP contribution in [-0.2, 0) is 23.9 Å². The second-order valence-corrected chi connectivity index (χ2v) is 13.1. The van der Waals surface area contributed by atoms with E-state index in [4.69, 9.17) is 9.47 Å². The molecule has 0 aromatic carbocycles. The third kappa shape index (κ3) is 3.03. The molecule has 6 fully saturated rings. The van der Waals surface area contributed by atoms with Crippen LogP contribution in [0.5, 0.6) is 0 Å². The predicted octanol–water partition coefficient (Wildman–Crippen LogP) is 4.46. The summed E-state index contributed by atoms with van der Waals surface area (Å²) in [5.74, 6) is -1.27. The average molecular weight is 495 g/mol.